The van der Waals surface area contributed by atoms with Gasteiger partial charge in [-0.2, -0.15) is 0 Å². The third-order valence-corrected chi connectivity index (χ3v) is 7.33. The summed E-state index contributed by atoms with van der Waals surface area (Å²) in [5, 5.41) is 4.55. The molecule has 4 heterocycles. The van der Waals surface area contributed by atoms with Crippen molar-refractivity contribution in [2.75, 3.05) is 18.4 Å². The highest BCUT2D eigenvalue weighted by atomic mass is 16.1. The number of pyridine rings is 2. The lowest BCUT2D eigenvalue weighted by molar-refractivity contribution is -0.122. The molecular formula is C27H34N6O. The van der Waals surface area contributed by atoms with Crippen molar-refractivity contribution in [1.29, 1.82) is 0 Å². The lowest BCUT2D eigenvalue weighted by atomic mass is 9.98. The lowest BCUT2D eigenvalue weighted by Gasteiger charge is -2.35. The molecule has 1 N–H and O–H groups in total. The van der Waals surface area contributed by atoms with Gasteiger partial charge in [0.05, 0.1) is 29.8 Å². The SMILES string of the molecule is CC(C)N1CCC(Nc2cncc(-c3cnc4cnc(CC(=O)C5CCCC5)cc4c3)n2)CC1. The Bertz CT molecular complexity index is 1150. The number of hydrogen-bond donors (Lipinski definition) is 1. The topological polar surface area (TPSA) is 83.9 Å². The predicted molar refractivity (Wildman–Crippen MR) is 135 cm³/mol. The average Bonchev–Trinajstić information content (AvgIpc) is 3.39. The molecule has 34 heavy (non-hydrogen) atoms. The predicted octanol–water partition coefficient (Wildman–Crippen LogP) is 4.67. The molecule has 1 aliphatic heterocycles. The van der Waals surface area contributed by atoms with Crippen LogP contribution < -0.4 is 5.32 Å². The van der Waals surface area contributed by atoms with Crippen molar-refractivity contribution in [3.63, 3.8) is 0 Å². The van der Waals surface area contributed by atoms with Crippen LogP contribution >= 0.6 is 0 Å². The van der Waals surface area contributed by atoms with Crippen LogP contribution in [0.4, 0.5) is 5.82 Å². The van der Waals surface area contributed by atoms with E-state index < -0.39 is 0 Å². The Morgan fingerprint density at radius 2 is 1.82 bits per heavy atom. The van der Waals surface area contributed by atoms with Gasteiger partial charge in [-0.25, -0.2) is 4.98 Å². The van der Waals surface area contributed by atoms with E-state index in [4.69, 9.17) is 4.98 Å². The number of piperidine rings is 1. The van der Waals surface area contributed by atoms with Crippen LogP contribution in [0.5, 0.6) is 0 Å². The lowest BCUT2D eigenvalue weighted by Crippen LogP contribution is -2.42. The summed E-state index contributed by atoms with van der Waals surface area (Å²) in [6, 6.07) is 5.08. The van der Waals surface area contributed by atoms with Crippen LogP contribution in [0.1, 0.15) is 58.1 Å². The van der Waals surface area contributed by atoms with Gasteiger partial charge in [-0.3, -0.25) is 19.7 Å². The van der Waals surface area contributed by atoms with E-state index in [2.05, 4.69) is 45.1 Å². The van der Waals surface area contributed by atoms with Gasteiger partial charge in [-0.15, -0.1) is 0 Å². The molecule has 2 aliphatic rings. The molecule has 1 saturated heterocycles. The molecule has 2 fully saturated rings. The second kappa shape index (κ2) is 10.1. The number of fused-ring (bicyclic) bond motifs is 1. The number of rotatable bonds is 7. The van der Waals surface area contributed by atoms with E-state index >= 15 is 0 Å². The van der Waals surface area contributed by atoms with Gasteiger partial charge in [0.15, 0.2) is 0 Å². The number of ketones is 1. The summed E-state index contributed by atoms with van der Waals surface area (Å²) in [5.74, 6) is 1.33. The van der Waals surface area contributed by atoms with Crippen LogP contribution in [0.3, 0.4) is 0 Å². The minimum absolute atomic E-state index is 0.213. The summed E-state index contributed by atoms with van der Waals surface area (Å²) in [4.78, 5) is 33.5. The third-order valence-electron chi connectivity index (χ3n) is 7.33. The van der Waals surface area contributed by atoms with Crippen LogP contribution in [-0.4, -0.2) is 55.8 Å². The smallest absolute Gasteiger partial charge is 0.145 e. The second-order valence-electron chi connectivity index (χ2n) is 10.1. The molecule has 3 aromatic rings. The zero-order valence-electron chi connectivity index (χ0n) is 20.2. The number of carbonyl (C=O) groups is 1. The molecule has 1 aliphatic carbocycles. The maximum absolute atomic E-state index is 12.6. The van der Waals surface area contributed by atoms with E-state index in [0.29, 0.717) is 24.3 Å². The van der Waals surface area contributed by atoms with Gasteiger partial charge in [0.1, 0.15) is 11.6 Å². The molecule has 0 bridgehead atoms. The number of Topliss-reactive ketones (excluding diaryl/α,β-unsaturated/α-hetero) is 1. The Balaban J connectivity index is 1.30. The van der Waals surface area contributed by atoms with E-state index in [-0.39, 0.29) is 5.92 Å². The Labute approximate surface area is 201 Å². The molecule has 7 heteroatoms. The molecule has 0 unspecified atom stereocenters. The Morgan fingerprint density at radius 1 is 1.03 bits per heavy atom. The second-order valence-corrected chi connectivity index (χ2v) is 10.1. The molecule has 3 aromatic heterocycles. The highest BCUT2D eigenvalue weighted by Crippen LogP contribution is 2.27. The van der Waals surface area contributed by atoms with Gasteiger partial charge in [-0.05, 0) is 51.7 Å². The van der Waals surface area contributed by atoms with Gasteiger partial charge in [-0.1, -0.05) is 12.8 Å². The first-order valence-corrected chi connectivity index (χ1v) is 12.7. The van der Waals surface area contributed by atoms with Gasteiger partial charge < -0.3 is 10.2 Å². The summed E-state index contributed by atoms with van der Waals surface area (Å²) < 4.78 is 0. The summed E-state index contributed by atoms with van der Waals surface area (Å²) in [6.07, 6.45) is 14.2. The number of anilines is 1. The van der Waals surface area contributed by atoms with Gasteiger partial charge in [0, 0.05) is 60.4 Å². The van der Waals surface area contributed by atoms with Crippen molar-refractivity contribution in [3.8, 4) is 11.3 Å². The van der Waals surface area contributed by atoms with Gasteiger partial charge in [0.25, 0.3) is 0 Å². The number of nitrogens with zero attached hydrogens (tertiary/aromatic N) is 5. The normalized spacial score (nSPS) is 18.1. The van der Waals surface area contributed by atoms with E-state index in [1.165, 1.54) is 12.8 Å². The molecule has 7 nitrogen and oxygen atoms in total. The van der Waals surface area contributed by atoms with Crippen molar-refractivity contribution in [2.45, 2.75) is 70.9 Å². The van der Waals surface area contributed by atoms with Crippen molar-refractivity contribution in [3.05, 3.63) is 42.6 Å². The fraction of sp³-hybridized carbons (Fsp3) is 0.519. The van der Waals surface area contributed by atoms with E-state index in [1.807, 2.05) is 12.3 Å². The first-order chi connectivity index (χ1) is 16.5. The molecule has 5 rings (SSSR count). The first-order valence-electron chi connectivity index (χ1n) is 12.7. The van der Waals surface area contributed by atoms with Crippen molar-refractivity contribution < 1.29 is 4.79 Å². The Kier molecular flexibility index (Phi) is 6.81. The van der Waals surface area contributed by atoms with Crippen LogP contribution in [0.15, 0.2) is 36.9 Å². The first kappa shape index (κ1) is 22.8. The molecule has 0 aromatic carbocycles. The summed E-state index contributed by atoms with van der Waals surface area (Å²) >= 11 is 0. The molecule has 0 radical (unpaired) electrons. The standard InChI is InChI=1S/C27H34N6O/c1-18(2)33-9-7-22(8-10-33)31-27-17-28-15-25(32-27)21-11-20-12-23(29-16-24(20)30-14-21)13-26(34)19-5-3-4-6-19/h11-12,14-19,22H,3-10,13H2,1-2H3,(H,31,32). The maximum atomic E-state index is 12.6. The summed E-state index contributed by atoms with van der Waals surface area (Å²) in [6.45, 7) is 6.73. The molecule has 1 saturated carbocycles. The van der Waals surface area contributed by atoms with Gasteiger partial charge in [0.2, 0.25) is 0 Å². The molecule has 178 valence electrons. The van der Waals surface area contributed by atoms with Gasteiger partial charge >= 0.3 is 0 Å². The monoisotopic (exact) mass is 458 g/mol. The summed E-state index contributed by atoms with van der Waals surface area (Å²) in [7, 11) is 0. The van der Waals surface area contributed by atoms with E-state index in [0.717, 1.165) is 72.4 Å². The minimum atomic E-state index is 0.213. The van der Waals surface area contributed by atoms with Crippen LogP contribution in [0, 0.1) is 5.92 Å². The molecule has 0 spiro atoms. The van der Waals surface area contributed by atoms with Crippen LogP contribution in [0.25, 0.3) is 22.2 Å². The highest BCUT2D eigenvalue weighted by molar-refractivity contribution is 5.86. The zero-order valence-corrected chi connectivity index (χ0v) is 20.2. The Morgan fingerprint density at radius 3 is 2.59 bits per heavy atom. The quantitative estimate of drug-likeness (QED) is 0.551. The van der Waals surface area contributed by atoms with Crippen LogP contribution in [0.2, 0.25) is 0 Å². The van der Waals surface area contributed by atoms with E-state index in [1.54, 1.807) is 18.6 Å². The molecule has 0 atom stereocenters. The molecular weight excluding hydrogens is 424 g/mol. The number of carbonyl (C=O) groups excluding carboxylic acids is 1. The largest absolute Gasteiger partial charge is 0.366 e. The highest BCUT2D eigenvalue weighted by Gasteiger charge is 2.23. The number of likely N-dealkylation sites (tertiary alicyclic amines) is 1. The third kappa shape index (κ3) is 5.25. The average molecular weight is 459 g/mol. The Hall–Kier alpha value is -2.93. The number of nitrogens with one attached hydrogen (secondary N) is 1. The van der Waals surface area contributed by atoms with E-state index in [9.17, 15) is 4.79 Å². The van der Waals surface area contributed by atoms with Crippen molar-refractivity contribution >= 4 is 22.5 Å². The van der Waals surface area contributed by atoms with Crippen molar-refractivity contribution in [1.82, 2.24) is 24.8 Å². The van der Waals surface area contributed by atoms with Crippen molar-refractivity contribution in [2.24, 2.45) is 5.92 Å². The zero-order chi connectivity index (χ0) is 23.5. The maximum Gasteiger partial charge on any atom is 0.145 e. The van der Waals surface area contributed by atoms with Crippen LogP contribution in [-0.2, 0) is 11.2 Å². The fourth-order valence-electron chi connectivity index (χ4n) is 5.23. The minimum Gasteiger partial charge on any atom is -0.366 e. The summed E-state index contributed by atoms with van der Waals surface area (Å²) in [5.41, 5.74) is 3.34. The fourth-order valence-corrected chi connectivity index (χ4v) is 5.23. The molecule has 0 amide bonds. The number of aromatic nitrogens is 4. The number of hydrogen-bond acceptors (Lipinski definition) is 7.